The first-order valence-corrected chi connectivity index (χ1v) is 8.23. The second-order valence-corrected chi connectivity index (χ2v) is 6.41. The Morgan fingerprint density at radius 3 is 2.63 bits per heavy atom. The first-order chi connectivity index (χ1) is 13.1. The Kier molecular flexibility index (Phi) is 2.81. The molecule has 7 nitrogen and oxygen atoms in total. The summed E-state index contributed by atoms with van der Waals surface area (Å²) in [7, 11) is 0. The summed E-state index contributed by atoms with van der Waals surface area (Å²) >= 11 is 0. The number of aromatic amines is 1. The number of amides is 1. The minimum atomic E-state index is -1.65. The quantitative estimate of drug-likeness (QED) is 0.568. The van der Waals surface area contributed by atoms with Crippen LogP contribution in [0.2, 0.25) is 0 Å². The van der Waals surface area contributed by atoms with E-state index in [1.54, 1.807) is 48.5 Å². The molecule has 2 aromatic carbocycles. The van der Waals surface area contributed by atoms with Gasteiger partial charge in [-0.05, 0) is 18.2 Å². The van der Waals surface area contributed by atoms with Gasteiger partial charge in [-0.2, -0.15) is 5.26 Å². The summed E-state index contributed by atoms with van der Waals surface area (Å²) in [6.45, 7) is 0. The number of nitrogens with two attached hydrogens (primary N) is 1. The average Bonchev–Trinajstić information content (AvgIpc) is 2.94. The first-order valence-electron chi connectivity index (χ1n) is 8.23. The SMILES string of the molecule is N#CC1=C(N)Oc2c(c(=O)[nH]c3ccccc23)C12C(=O)Nc1ccccc12. The predicted octanol–water partition coefficient (Wildman–Crippen LogP) is 1.85. The van der Waals surface area contributed by atoms with Gasteiger partial charge < -0.3 is 20.8 Å². The zero-order chi connectivity index (χ0) is 18.8. The number of carbonyl (C=O) groups excluding carboxylic acids is 1. The van der Waals surface area contributed by atoms with Crippen molar-refractivity contribution >= 4 is 22.5 Å². The highest BCUT2D eigenvalue weighted by atomic mass is 16.5. The summed E-state index contributed by atoms with van der Waals surface area (Å²) in [4.78, 5) is 29.1. The second-order valence-electron chi connectivity index (χ2n) is 6.41. The molecule has 0 saturated heterocycles. The van der Waals surface area contributed by atoms with Crippen molar-refractivity contribution in [2.45, 2.75) is 5.41 Å². The molecule has 0 saturated carbocycles. The van der Waals surface area contributed by atoms with Gasteiger partial charge in [0.25, 0.3) is 5.56 Å². The van der Waals surface area contributed by atoms with Gasteiger partial charge in [-0.1, -0.05) is 30.3 Å². The van der Waals surface area contributed by atoms with Gasteiger partial charge in [-0.15, -0.1) is 0 Å². The number of rotatable bonds is 0. The molecule has 1 spiro atoms. The van der Waals surface area contributed by atoms with Crippen LogP contribution in [0.4, 0.5) is 5.69 Å². The number of fused-ring (bicyclic) bond motifs is 6. The smallest absolute Gasteiger partial charge is 0.257 e. The number of hydrogen-bond acceptors (Lipinski definition) is 5. The van der Waals surface area contributed by atoms with E-state index in [1.165, 1.54) is 0 Å². The fourth-order valence-corrected chi connectivity index (χ4v) is 4.02. The number of nitrogens with one attached hydrogen (secondary N) is 2. The van der Waals surface area contributed by atoms with Crippen molar-refractivity contribution in [2.24, 2.45) is 5.73 Å². The van der Waals surface area contributed by atoms with Crippen molar-refractivity contribution in [3.63, 3.8) is 0 Å². The lowest BCUT2D eigenvalue weighted by molar-refractivity contribution is -0.118. The van der Waals surface area contributed by atoms with Crippen molar-refractivity contribution < 1.29 is 9.53 Å². The molecule has 27 heavy (non-hydrogen) atoms. The molecule has 3 heterocycles. The van der Waals surface area contributed by atoms with Crippen molar-refractivity contribution in [3.8, 4) is 11.8 Å². The van der Waals surface area contributed by atoms with Crippen LogP contribution in [0.25, 0.3) is 10.9 Å². The second kappa shape index (κ2) is 4.99. The van der Waals surface area contributed by atoms with Gasteiger partial charge >= 0.3 is 0 Å². The van der Waals surface area contributed by atoms with Crippen LogP contribution in [-0.4, -0.2) is 10.9 Å². The zero-order valence-corrected chi connectivity index (χ0v) is 13.9. The maximum Gasteiger partial charge on any atom is 0.257 e. The summed E-state index contributed by atoms with van der Waals surface area (Å²) in [5, 5.41) is 13.2. The molecule has 0 aliphatic carbocycles. The lowest BCUT2D eigenvalue weighted by atomic mass is 9.69. The number of anilines is 1. The number of benzene rings is 2. The number of carbonyl (C=O) groups is 1. The fraction of sp³-hybridized carbons (Fsp3) is 0.0500. The van der Waals surface area contributed by atoms with E-state index in [2.05, 4.69) is 10.3 Å². The molecular formula is C20H12N4O3. The van der Waals surface area contributed by atoms with Crippen molar-refractivity contribution in [3.05, 3.63) is 81.5 Å². The van der Waals surface area contributed by atoms with E-state index in [0.29, 0.717) is 22.2 Å². The minimum Gasteiger partial charge on any atom is -0.439 e. The Morgan fingerprint density at radius 2 is 1.81 bits per heavy atom. The standard InChI is InChI=1S/C20H12N4O3/c21-9-12-17(22)27-16-10-5-1-3-7-13(10)23-18(25)15(16)20(12)11-6-2-4-8-14(11)24-19(20)26/h1-8H,22H2,(H,23,25)(H,24,26). The van der Waals surface area contributed by atoms with Crippen LogP contribution in [0.5, 0.6) is 5.75 Å². The van der Waals surface area contributed by atoms with Crippen LogP contribution in [0.3, 0.4) is 0 Å². The van der Waals surface area contributed by atoms with Gasteiger partial charge in [0.1, 0.15) is 17.4 Å². The van der Waals surface area contributed by atoms with E-state index in [-0.39, 0.29) is 22.8 Å². The van der Waals surface area contributed by atoms with Gasteiger partial charge in [-0.3, -0.25) is 9.59 Å². The van der Waals surface area contributed by atoms with E-state index in [9.17, 15) is 14.9 Å². The van der Waals surface area contributed by atoms with Gasteiger partial charge in [0.15, 0.2) is 5.41 Å². The molecule has 1 aromatic heterocycles. The highest BCUT2D eigenvalue weighted by molar-refractivity contribution is 6.13. The fourth-order valence-electron chi connectivity index (χ4n) is 4.02. The van der Waals surface area contributed by atoms with Crippen LogP contribution in [-0.2, 0) is 10.2 Å². The third kappa shape index (κ3) is 1.69. The molecule has 3 aromatic rings. The molecular weight excluding hydrogens is 344 g/mol. The average molecular weight is 356 g/mol. The Bertz CT molecular complexity index is 1300. The summed E-state index contributed by atoms with van der Waals surface area (Å²) in [6.07, 6.45) is 0. The lowest BCUT2D eigenvalue weighted by Gasteiger charge is -2.33. The Morgan fingerprint density at radius 1 is 1.07 bits per heavy atom. The molecule has 2 aliphatic heterocycles. The molecule has 1 atom stereocenters. The number of pyridine rings is 1. The molecule has 1 unspecified atom stereocenters. The van der Waals surface area contributed by atoms with Gasteiger partial charge in [0, 0.05) is 16.6 Å². The number of aromatic nitrogens is 1. The van der Waals surface area contributed by atoms with Crippen molar-refractivity contribution in [1.29, 1.82) is 5.26 Å². The Labute approximate surface area is 152 Å². The molecule has 2 aliphatic rings. The molecule has 130 valence electrons. The van der Waals surface area contributed by atoms with Crippen LogP contribution < -0.4 is 21.3 Å². The number of H-pyrrole nitrogens is 1. The van der Waals surface area contributed by atoms with E-state index in [0.717, 1.165) is 0 Å². The summed E-state index contributed by atoms with van der Waals surface area (Å²) < 4.78 is 5.71. The van der Waals surface area contributed by atoms with Gasteiger partial charge in [0.05, 0.1) is 11.1 Å². The van der Waals surface area contributed by atoms with E-state index >= 15 is 0 Å². The van der Waals surface area contributed by atoms with Crippen LogP contribution in [0, 0.1) is 11.3 Å². The van der Waals surface area contributed by atoms with Crippen LogP contribution >= 0.6 is 0 Å². The molecule has 4 N–H and O–H groups in total. The van der Waals surface area contributed by atoms with Gasteiger partial charge in [0.2, 0.25) is 11.8 Å². The normalized spacial score (nSPS) is 20.0. The summed E-state index contributed by atoms with van der Waals surface area (Å²) in [6, 6.07) is 16.0. The van der Waals surface area contributed by atoms with Crippen LogP contribution in [0.1, 0.15) is 11.1 Å². The monoisotopic (exact) mass is 356 g/mol. The Hall–Kier alpha value is -4.05. The predicted molar refractivity (Wildman–Crippen MR) is 97.9 cm³/mol. The minimum absolute atomic E-state index is 0.0643. The van der Waals surface area contributed by atoms with E-state index in [1.807, 2.05) is 6.07 Å². The largest absolute Gasteiger partial charge is 0.439 e. The Balaban J connectivity index is 2.03. The molecule has 0 radical (unpaired) electrons. The summed E-state index contributed by atoms with van der Waals surface area (Å²) in [5.74, 6) is -0.501. The van der Waals surface area contributed by atoms with E-state index < -0.39 is 16.9 Å². The topological polar surface area (TPSA) is 121 Å². The highest BCUT2D eigenvalue weighted by Crippen LogP contribution is 2.52. The maximum absolute atomic E-state index is 13.2. The lowest BCUT2D eigenvalue weighted by Crippen LogP contribution is -2.46. The van der Waals surface area contributed by atoms with Crippen LogP contribution in [0.15, 0.2) is 64.8 Å². The number of ether oxygens (including phenoxy) is 1. The molecule has 7 heteroatoms. The first kappa shape index (κ1) is 15.2. The van der Waals surface area contributed by atoms with Crippen molar-refractivity contribution in [1.82, 2.24) is 4.98 Å². The highest BCUT2D eigenvalue weighted by Gasteiger charge is 2.58. The zero-order valence-electron chi connectivity index (χ0n) is 13.9. The van der Waals surface area contributed by atoms with E-state index in [4.69, 9.17) is 10.5 Å². The number of para-hydroxylation sites is 2. The number of nitriles is 1. The molecule has 0 bridgehead atoms. The van der Waals surface area contributed by atoms with Gasteiger partial charge in [-0.25, -0.2) is 0 Å². The summed E-state index contributed by atoms with van der Waals surface area (Å²) in [5.41, 5.74) is 5.45. The molecule has 5 rings (SSSR count). The number of nitrogens with zero attached hydrogens (tertiary/aromatic N) is 1. The molecule has 1 amide bonds. The maximum atomic E-state index is 13.2. The number of hydrogen-bond donors (Lipinski definition) is 3. The molecule has 0 fully saturated rings. The third-order valence-corrected chi connectivity index (χ3v) is 5.11. The third-order valence-electron chi connectivity index (χ3n) is 5.11. The van der Waals surface area contributed by atoms with Crippen molar-refractivity contribution in [2.75, 3.05) is 5.32 Å².